The first-order valence-corrected chi connectivity index (χ1v) is 16.0. The molecule has 0 nitrogen and oxygen atoms in total. The summed E-state index contributed by atoms with van der Waals surface area (Å²) in [4.78, 5) is 0. The van der Waals surface area contributed by atoms with E-state index in [9.17, 15) is 0 Å². The normalized spacial score (nSPS) is 11.9. The van der Waals surface area contributed by atoms with Crippen LogP contribution >= 0.6 is 0 Å². The molecule has 0 saturated heterocycles. The Morgan fingerprint density at radius 1 is 0.239 bits per heavy atom. The average molecular weight is 581 g/mol. The van der Waals surface area contributed by atoms with Crippen molar-refractivity contribution in [1.29, 1.82) is 0 Å². The van der Waals surface area contributed by atoms with Crippen LogP contribution in [0.25, 0.3) is 98.7 Å². The van der Waals surface area contributed by atoms with E-state index in [4.69, 9.17) is 0 Å². The zero-order valence-corrected chi connectivity index (χ0v) is 25.2. The maximum absolute atomic E-state index is 2.40. The molecule has 9 aromatic rings. The van der Waals surface area contributed by atoms with E-state index in [1.165, 1.54) is 98.7 Å². The number of fused-ring (bicyclic) bond motifs is 7. The van der Waals surface area contributed by atoms with Gasteiger partial charge < -0.3 is 0 Å². The van der Waals surface area contributed by atoms with Gasteiger partial charge in [0.25, 0.3) is 0 Å². The van der Waals surface area contributed by atoms with Gasteiger partial charge in [-0.25, -0.2) is 0 Å². The number of benzene rings is 9. The Morgan fingerprint density at radius 3 is 1.37 bits per heavy atom. The van der Waals surface area contributed by atoms with E-state index in [1.54, 1.807) is 0 Å². The molecule has 0 heterocycles. The molecule has 0 saturated carbocycles. The highest BCUT2D eigenvalue weighted by atomic mass is 14.3. The standard InChI is InChI=1S/C46H28/c1-3-14-29(15-4-1)42-37-22-11-12-23-38(37)43(30-16-5-2-6-17-30)46-40-27-26-35(36-24-13-25-39(44(36)40)45(42)46)41-28-31-18-7-8-19-32(31)33-20-9-10-21-34(33)41/h1-28H. The molecule has 46 heavy (non-hydrogen) atoms. The van der Waals surface area contributed by atoms with Crippen molar-refractivity contribution >= 4 is 43.1 Å². The molecular weight excluding hydrogens is 553 g/mol. The van der Waals surface area contributed by atoms with Crippen LogP contribution in [0.2, 0.25) is 0 Å². The van der Waals surface area contributed by atoms with Gasteiger partial charge in [0.1, 0.15) is 0 Å². The topological polar surface area (TPSA) is 0 Å². The van der Waals surface area contributed by atoms with Crippen LogP contribution in [0.1, 0.15) is 0 Å². The van der Waals surface area contributed by atoms with Gasteiger partial charge in [-0.3, -0.25) is 0 Å². The van der Waals surface area contributed by atoms with E-state index < -0.39 is 0 Å². The van der Waals surface area contributed by atoms with Gasteiger partial charge in [-0.2, -0.15) is 0 Å². The molecule has 0 spiro atoms. The van der Waals surface area contributed by atoms with E-state index in [0.29, 0.717) is 0 Å². The summed E-state index contributed by atoms with van der Waals surface area (Å²) < 4.78 is 0. The van der Waals surface area contributed by atoms with Crippen LogP contribution in [-0.2, 0) is 0 Å². The highest BCUT2D eigenvalue weighted by Gasteiger charge is 2.31. The summed E-state index contributed by atoms with van der Waals surface area (Å²) in [5.74, 6) is 0. The van der Waals surface area contributed by atoms with Gasteiger partial charge in [0.05, 0.1) is 0 Å². The molecule has 0 bridgehead atoms. The molecule has 0 aromatic heterocycles. The molecule has 212 valence electrons. The summed E-state index contributed by atoms with van der Waals surface area (Å²) in [5, 5.41) is 10.4. The van der Waals surface area contributed by atoms with Gasteiger partial charge in [-0.1, -0.05) is 164 Å². The molecule has 0 aliphatic heterocycles. The maximum Gasteiger partial charge on any atom is -0.000741 e. The van der Waals surface area contributed by atoms with Gasteiger partial charge in [0.2, 0.25) is 0 Å². The lowest BCUT2D eigenvalue weighted by Gasteiger charge is -2.20. The third kappa shape index (κ3) is 3.50. The fraction of sp³-hybridized carbons (Fsp3) is 0. The van der Waals surface area contributed by atoms with Crippen LogP contribution in [0.15, 0.2) is 170 Å². The van der Waals surface area contributed by atoms with E-state index >= 15 is 0 Å². The SMILES string of the molecule is c1ccc(-c2c3c(c(-c4ccccc4)c4ccccc24)-c2ccc(-c4cc5ccccc5c5ccccc45)c4cccc-3c24)cc1. The van der Waals surface area contributed by atoms with Gasteiger partial charge in [-0.05, 0) is 105 Å². The van der Waals surface area contributed by atoms with Crippen LogP contribution in [0.5, 0.6) is 0 Å². The first-order valence-electron chi connectivity index (χ1n) is 16.0. The summed E-state index contributed by atoms with van der Waals surface area (Å²) >= 11 is 0. The Bertz CT molecular complexity index is 2570. The van der Waals surface area contributed by atoms with Crippen molar-refractivity contribution in [2.24, 2.45) is 0 Å². The van der Waals surface area contributed by atoms with Crippen LogP contribution in [0, 0.1) is 0 Å². The Hall–Kier alpha value is -5.98. The molecule has 0 unspecified atom stereocenters. The molecule has 1 aliphatic carbocycles. The monoisotopic (exact) mass is 580 g/mol. The third-order valence-electron chi connectivity index (χ3n) is 9.98. The predicted octanol–water partition coefficient (Wildman–Crippen LogP) is 12.9. The summed E-state index contributed by atoms with van der Waals surface area (Å²) in [6.45, 7) is 0. The number of rotatable bonds is 3. The smallest absolute Gasteiger partial charge is 0.000741 e. The molecule has 0 heteroatoms. The molecule has 0 atom stereocenters. The van der Waals surface area contributed by atoms with Gasteiger partial charge >= 0.3 is 0 Å². The van der Waals surface area contributed by atoms with Crippen molar-refractivity contribution < 1.29 is 0 Å². The lowest BCUT2D eigenvalue weighted by molar-refractivity contribution is 1.62. The average Bonchev–Trinajstić information content (AvgIpc) is 3.46. The zero-order valence-electron chi connectivity index (χ0n) is 25.2. The molecule has 9 aromatic carbocycles. The van der Waals surface area contributed by atoms with Crippen LogP contribution < -0.4 is 0 Å². The van der Waals surface area contributed by atoms with Crippen molar-refractivity contribution in [3.05, 3.63) is 170 Å². The van der Waals surface area contributed by atoms with Gasteiger partial charge in [0, 0.05) is 0 Å². The fourth-order valence-electron chi connectivity index (χ4n) is 8.12. The predicted molar refractivity (Wildman–Crippen MR) is 197 cm³/mol. The van der Waals surface area contributed by atoms with E-state index in [-0.39, 0.29) is 0 Å². The zero-order chi connectivity index (χ0) is 30.2. The van der Waals surface area contributed by atoms with Crippen LogP contribution in [0.3, 0.4) is 0 Å². The largest absolute Gasteiger partial charge is 0.0622 e. The second-order valence-electron chi connectivity index (χ2n) is 12.4. The summed E-state index contributed by atoms with van der Waals surface area (Å²) in [6.07, 6.45) is 0. The maximum atomic E-state index is 2.40. The first-order chi connectivity index (χ1) is 22.9. The van der Waals surface area contributed by atoms with Crippen LogP contribution in [-0.4, -0.2) is 0 Å². The fourth-order valence-corrected chi connectivity index (χ4v) is 8.12. The minimum atomic E-state index is 1.25. The third-order valence-corrected chi connectivity index (χ3v) is 9.98. The molecule has 0 N–H and O–H groups in total. The van der Waals surface area contributed by atoms with Crippen molar-refractivity contribution in [2.45, 2.75) is 0 Å². The molecule has 0 amide bonds. The number of hydrogen-bond acceptors (Lipinski definition) is 0. The minimum Gasteiger partial charge on any atom is -0.0622 e. The second-order valence-corrected chi connectivity index (χ2v) is 12.4. The highest BCUT2D eigenvalue weighted by Crippen LogP contribution is 2.58. The van der Waals surface area contributed by atoms with Crippen LogP contribution in [0.4, 0.5) is 0 Å². The van der Waals surface area contributed by atoms with E-state index in [0.717, 1.165) is 0 Å². The Balaban J connectivity index is 1.37. The Labute approximate surface area is 267 Å². The van der Waals surface area contributed by atoms with Gasteiger partial charge in [0.15, 0.2) is 0 Å². The van der Waals surface area contributed by atoms with E-state index in [2.05, 4.69) is 170 Å². The molecule has 0 fully saturated rings. The molecule has 1 aliphatic rings. The van der Waals surface area contributed by atoms with Crippen molar-refractivity contribution in [3.63, 3.8) is 0 Å². The van der Waals surface area contributed by atoms with Crippen molar-refractivity contribution in [2.75, 3.05) is 0 Å². The second kappa shape index (κ2) is 9.76. The molecular formula is C46H28. The lowest BCUT2D eigenvalue weighted by atomic mass is 9.82. The summed E-state index contributed by atoms with van der Waals surface area (Å²) in [7, 11) is 0. The minimum absolute atomic E-state index is 1.25. The molecule has 0 radical (unpaired) electrons. The van der Waals surface area contributed by atoms with Crippen molar-refractivity contribution in [3.8, 4) is 55.6 Å². The van der Waals surface area contributed by atoms with E-state index in [1.807, 2.05) is 0 Å². The summed E-state index contributed by atoms with van der Waals surface area (Å²) in [6, 6.07) is 62.6. The highest BCUT2D eigenvalue weighted by molar-refractivity contribution is 6.29. The Kier molecular flexibility index (Phi) is 5.38. The quantitative estimate of drug-likeness (QED) is 0.182. The first kappa shape index (κ1) is 25.4. The number of hydrogen-bond donors (Lipinski definition) is 0. The Morgan fingerprint density at radius 2 is 0.717 bits per heavy atom. The molecule has 10 rings (SSSR count). The lowest BCUT2D eigenvalue weighted by Crippen LogP contribution is -1.93. The summed E-state index contributed by atoms with van der Waals surface area (Å²) in [5.41, 5.74) is 13.0. The van der Waals surface area contributed by atoms with Crippen molar-refractivity contribution in [1.82, 2.24) is 0 Å². The van der Waals surface area contributed by atoms with Gasteiger partial charge in [-0.15, -0.1) is 0 Å².